The summed E-state index contributed by atoms with van der Waals surface area (Å²) in [5.74, 6) is 1.42. The second kappa shape index (κ2) is 13.4. The lowest BCUT2D eigenvalue weighted by Crippen LogP contribution is -2.20. The third-order valence-electron chi connectivity index (χ3n) is 5.50. The van der Waals surface area contributed by atoms with Gasteiger partial charge in [0.25, 0.3) is 5.91 Å². The van der Waals surface area contributed by atoms with E-state index in [1.807, 2.05) is 72.2 Å². The summed E-state index contributed by atoms with van der Waals surface area (Å²) in [6, 6.07) is 19.5. The van der Waals surface area contributed by atoms with Crippen LogP contribution in [-0.4, -0.2) is 44.2 Å². The SMILES string of the molecule is CCCCCOc1ccc(C=NNC(=O)CSc2nnc(-c3ccncc3)n2-c2ccc(C)cc2)cc1. The van der Waals surface area contributed by atoms with Crippen molar-refractivity contribution in [1.82, 2.24) is 25.2 Å². The fourth-order valence-electron chi connectivity index (χ4n) is 3.51. The number of ether oxygens (including phenoxy) is 1. The number of benzene rings is 2. The molecule has 4 aromatic rings. The summed E-state index contributed by atoms with van der Waals surface area (Å²) in [6.45, 7) is 4.93. The van der Waals surface area contributed by atoms with Gasteiger partial charge < -0.3 is 4.74 Å². The Hall–Kier alpha value is -3.98. The molecule has 190 valence electrons. The number of nitrogens with zero attached hydrogens (tertiary/aromatic N) is 5. The molecule has 1 amide bonds. The topological polar surface area (TPSA) is 94.3 Å². The number of amides is 1. The highest BCUT2D eigenvalue weighted by molar-refractivity contribution is 7.99. The third kappa shape index (κ3) is 7.50. The maximum Gasteiger partial charge on any atom is 0.250 e. The standard InChI is InChI=1S/C28H30N6O2S/c1-3-4-5-18-36-25-12-8-22(9-13-25)19-30-31-26(35)20-37-28-33-32-27(23-14-16-29-17-15-23)34(28)24-10-6-21(2)7-11-24/h6-17,19H,3-5,18,20H2,1-2H3,(H,31,35). The average molecular weight is 515 g/mol. The quantitative estimate of drug-likeness (QED) is 0.117. The van der Waals surface area contributed by atoms with Gasteiger partial charge in [-0.1, -0.05) is 49.2 Å². The lowest BCUT2D eigenvalue weighted by Gasteiger charge is -2.10. The average Bonchev–Trinajstić information content (AvgIpc) is 3.36. The van der Waals surface area contributed by atoms with Crippen molar-refractivity contribution in [3.05, 3.63) is 84.2 Å². The van der Waals surface area contributed by atoms with Crippen LogP contribution in [0.15, 0.2) is 83.3 Å². The van der Waals surface area contributed by atoms with Crippen molar-refractivity contribution in [3.63, 3.8) is 0 Å². The lowest BCUT2D eigenvalue weighted by atomic mass is 10.2. The van der Waals surface area contributed by atoms with Crippen molar-refractivity contribution in [2.75, 3.05) is 12.4 Å². The first-order valence-electron chi connectivity index (χ1n) is 12.2. The van der Waals surface area contributed by atoms with Crippen molar-refractivity contribution in [3.8, 4) is 22.8 Å². The molecule has 2 aromatic heterocycles. The van der Waals surface area contributed by atoms with Gasteiger partial charge in [-0.2, -0.15) is 5.10 Å². The first-order chi connectivity index (χ1) is 18.1. The van der Waals surface area contributed by atoms with Gasteiger partial charge in [0.2, 0.25) is 0 Å². The molecule has 0 radical (unpaired) electrons. The fourth-order valence-corrected chi connectivity index (χ4v) is 4.26. The molecule has 0 spiro atoms. The highest BCUT2D eigenvalue weighted by Gasteiger charge is 2.17. The summed E-state index contributed by atoms with van der Waals surface area (Å²) in [5, 5.41) is 13.4. The number of carbonyl (C=O) groups excluding carboxylic acids is 1. The van der Waals surface area contributed by atoms with Crippen molar-refractivity contribution in [1.29, 1.82) is 0 Å². The molecular formula is C28H30N6O2S. The number of pyridine rings is 1. The molecule has 0 bridgehead atoms. The third-order valence-corrected chi connectivity index (χ3v) is 6.42. The van der Waals surface area contributed by atoms with Gasteiger partial charge in [0, 0.05) is 23.6 Å². The summed E-state index contributed by atoms with van der Waals surface area (Å²) in [4.78, 5) is 16.6. The van der Waals surface area contributed by atoms with Gasteiger partial charge in [-0.3, -0.25) is 14.3 Å². The second-order valence-electron chi connectivity index (χ2n) is 8.42. The Bertz CT molecular complexity index is 1310. The summed E-state index contributed by atoms with van der Waals surface area (Å²) in [6.07, 6.45) is 8.43. The fraction of sp³-hybridized carbons (Fsp3) is 0.250. The van der Waals surface area contributed by atoms with E-state index >= 15 is 0 Å². The number of nitrogens with one attached hydrogen (secondary N) is 1. The molecule has 0 atom stereocenters. The highest BCUT2D eigenvalue weighted by atomic mass is 32.2. The van der Waals surface area contributed by atoms with E-state index in [0.717, 1.165) is 41.2 Å². The van der Waals surface area contributed by atoms with E-state index in [2.05, 4.69) is 32.6 Å². The Morgan fingerprint density at radius 2 is 1.78 bits per heavy atom. The summed E-state index contributed by atoms with van der Waals surface area (Å²) < 4.78 is 7.67. The van der Waals surface area contributed by atoms with Crippen LogP contribution in [0.25, 0.3) is 17.1 Å². The Morgan fingerprint density at radius 3 is 2.51 bits per heavy atom. The Kier molecular flexibility index (Phi) is 9.42. The molecule has 4 rings (SSSR count). The van der Waals surface area contributed by atoms with Gasteiger partial charge in [-0.25, -0.2) is 5.43 Å². The predicted octanol–water partition coefficient (Wildman–Crippen LogP) is 5.45. The van der Waals surface area contributed by atoms with E-state index in [9.17, 15) is 4.79 Å². The summed E-state index contributed by atoms with van der Waals surface area (Å²) in [7, 11) is 0. The van der Waals surface area contributed by atoms with Crippen LogP contribution < -0.4 is 10.2 Å². The Balaban J connectivity index is 1.36. The molecule has 0 unspecified atom stereocenters. The van der Waals surface area contributed by atoms with Gasteiger partial charge in [0.05, 0.1) is 18.6 Å². The minimum atomic E-state index is -0.235. The van der Waals surface area contributed by atoms with Crippen molar-refractivity contribution in [2.24, 2.45) is 5.10 Å². The zero-order chi connectivity index (χ0) is 25.9. The summed E-state index contributed by atoms with van der Waals surface area (Å²) >= 11 is 1.30. The molecule has 2 aromatic carbocycles. The second-order valence-corrected chi connectivity index (χ2v) is 9.36. The molecule has 0 aliphatic heterocycles. The number of aromatic nitrogens is 4. The number of hydrogen-bond acceptors (Lipinski definition) is 7. The van der Waals surface area contributed by atoms with Crippen LogP contribution in [0, 0.1) is 6.92 Å². The lowest BCUT2D eigenvalue weighted by molar-refractivity contribution is -0.118. The normalized spacial score (nSPS) is 11.1. The zero-order valence-corrected chi connectivity index (χ0v) is 21.8. The van der Waals surface area contributed by atoms with Crippen LogP contribution in [0.1, 0.15) is 37.3 Å². The molecule has 37 heavy (non-hydrogen) atoms. The monoisotopic (exact) mass is 514 g/mol. The van der Waals surface area contributed by atoms with Crippen LogP contribution in [0.5, 0.6) is 5.75 Å². The number of rotatable bonds is 12. The molecule has 0 aliphatic carbocycles. The molecule has 0 fully saturated rings. The zero-order valence-electron chi connectivity index (χ0n) is 21.0. The van der Waals surface area contributed by atoms with E-state index in [1.54, 1.807) is 18.6 Å². The van der Waals surface area contributed by atoms with Crippen LogP contribution >= 0.6 is 11.8 Å². The number of thioether (sulfide) groups is 1. The van der Waals surface area contributed by atoms with E-state index in [4.69, 9.17) is 4.74 Å². The van der Waals surface area contributed by atoms with Crippen LogP contribution in [-0.2, 0) is 4.79 Å². The van der Waals surface area contributed by atoms with E-state index < -0.39 is 0 Å². The van der Waals surface area contributed by atoms with Gasteiger partial charge in [-0.05, 0) is 67.4 Å². The van der Waals surface area contributed by atoms with E-state index in [0.29, 0.717) is 11.0 Å². The Labute approximate surface area is 221 Å². The van der Waals surface area contributed by atoms with Gasteiger partial charge in [-0.15, -0.1) is 10.2 Å². The van der Waals surface area contributed by atoms with Crippen LogP contribution in [0.3, 0.4) is 0 Å². The van der Waals surface area contributed by atoms with Gasteiger partial charge in [0.15, 0.2) is 11.0 Å². The maximum absolute atomic E-state index is 12.5. The smallest absolute Gasteiger partial charge is 0.250 e. The number of carbonyl (C=O) groups is 1. The van der Waals surface area contributed by atoms with Gasteiger partial charge in [0.1, 0.15) is 5.75 Å². The largest absolute Gasteiger partial charge is 0.494 e. The molecule has 8 nitrogen and oxygen atoms in total. The number of unbranched alkanes of at least 4 members (excludes halogenated alkanes) is 2. The van der Waals surface area contributed by atoms with E-state index in [-0.39, 0.29) is 11.7 Å². The summed E-state index contributed by atoms with van der Waals surface area (Å²) in [5.41, 5.74) is 6.42. The minimum Gasteiger partial charge on any atom is -0.494 e. The van der Waals surface area contributed by atoms with E-state index in [1.165, 1.54) is 24.6 Å². The maximum atomic E-state index is 12.5. The Morgan fingerprint density at radius 1 is 1.03 bits per heavy atom. The van der Waals surface area contributed by atoms with Crippen molar-refractivity contribution in [2.45, 2.75) is 38.3 Å². The van der Waals surface area contributed by atoms with Crippen LogP contribution in [0.4, 0.5) is 0 Å². The molecule has 0 aliphatic rings. The first kappa shape index (κ1) is 26.1. The van der Waals surface area contributed by atoms with Crippen molar-refractivity contribution >= 4 is 23.9 Å². The number of hydrogen-bond donors (Lipinski definition) is 1. The molecule has 0 saturated carbocycles. The van der Waals surface area contributed by atoms with Crippen molar-refractivity contribution < 1.29 is 9.53 Å². The predicted molar refractivity (Wildman–Crippen MR) is 147 cm³/mol. The molecule has 2 heterocycles. The molecular weight excluding hydrogens is 484 g/mol. The number of hydrazone groups is 1. The highest BCUT2D eigenvalue weighted by Crippen LogP contribution is 2.27. The minimum absolute atomic E-state index is 0.141. The molecule has 0 saturated heterocycles. The molecule has 1 N–H and O–H groups in total. The molecule has 9 heteroatoms. The first-order valence-corrected chi connectivity index (χ1v) is 13.2. The van der Waals surface area contributed by atoms with Gasteiger partial charge >= 0.3 is 0 Å². The number of aryl methyl sites for hydroxylation is 1. The van der Waals surface area contributed by atoms with Crippen LogP contribution in [0.2, 0.25) is 0 Å².